The summed E-state index contributed by atoms with van der Waals surface area (Å²) < 4.78 is 5.19. The summed E-state index contributed by atoms with van der Waals surface area (Å²) in [6, 6.07) is 15.5. The Labute approximate surface area is 173 Å². The highest BCUT2D eigenvalue weighted by atomic mass is 35.5. The molecule has 5 nitrogen and oxygen atoms in total. The van der Waals surface area contributed by atoms with Gasteiger partial charge in [0.1, 0.15) is 16.5 Å². The van der Waals surface area contributed by atoms with Gasteiger partial charge in [0.25, 0.3) is 5.91 Å². The van der Waals surface area contributed by atoms with Crippen LogP contribution in [0.1, 0.15) is 10.5 Å². The number of ether oxygens (including phenoxy) is 1. The molecule has 0 N–H and O–H groups in total. The molecule has 144 valence electrons. The fourth-order valence-corrected chi connectivity index (χ4v) is 4.31. The maximum atomic E-state index is 12.9. The van der Waals surface area contributed by atoms with Crippen LogP contribution in [0.5, 0.6) is 5.75 Å². The van der Waals surface area contributed by atoms with E-state index in [1.54, 1.807) is 7.11 Å². The van der Waals surface area contributed by atoms with Crippen molar-refractivity contribution in [1.82, 2.24) is 9.88 Å². The molecule has 1 saturated heterocycles. The number of hydrogen-bond acceptors (Lipinski definition) is 5. The lowest BCUT2D eigenvalue weighted by molar-refractivity contribution is 0.0742. The van der Waals surface area contributed by atoms with Crippen LogP contribution in [0.3, 0.4) is 0 Å². The van der Waals surface area contributed by atoms with E-state index < -0.39 is 0 Å². The fourth-order valence-electron chi connectivity index (χ4n) is 3.26. The summed E-state index contributed by atoms with van der Waals surface area (Å²) in [7, 11) is 1.64. The minimum Gasteiger partial charge on any atom is -0.497 e. The zero-order chi connectivity index (χ0) is 19.5. The molecular weight excluding hydrogens is 394 g/mol. The lowest BCUT2D eigenvalue weighted by Gasteiger charge is -2.36. The van der Waals surface area contributed by atoms with Crippen LogP contribution in [0.4, 0.5) is 5.69 Å². The molecule has 0 radical (unpaired) electrons. The summed E-state index contributed by atoms with van der Waals surface area (Å²) in [5, 5.41) is 3.41. The molecule has 4 rings (SSSR count). The van der Waals surface area contributed by atoms with Crippen molar-refractivity contribution in [2.24, 2.45) is 0 Å². The van der Waals surface area contributed by atoms with Crippen LogP contribution in [0.2, 0.25) is 5.02 Å². The number of rotatable bonds is 4. The predicted octanol–water partition coefficient (Wildman–Crippen LogP) is 4.43. The van der Waals surface area contributed by atoms with Crippen molar-refractivity contribution in [3.05, 3.63) is 64.6 Å². The molecule has 28 heavy (non-hydrogen) atoms. The number of amides is 1. The molecule has 3 aromatic rings. The topological polar surface area (TPSA) is 45.7 Å². The van der Waals surface area contributed by atoms with Crippen LogP contribution >= 0.6 is 22.9 Å². The van der Waals surface area contributed by atoms with Gasteiger partial charge in [-0.25, -0.2) is 4.98 Å². The quantitative estimate of drug-likeness (QED) is 0.634. The molecule has 1 fully saturated rings. The van der Waals surface area contributed by atoms with Crippen LogP contribution in [0.15, 0.2) is 53.9 Å². The van der Waals surface area contributed by atoms with Crippen molar-refractivity contribution < 1.29 is 9.53 Å². The van der Waals surface area contributed by atoms with E-state index in [0.29, 0.717) is 18.8 Å². The molecule has 0 atom stereocenters. The van der Waals surface area contributed by atoms with E-state index >= 15 is 0 Å². The van der Waals surface area contributed by atoms with Crippen molar-refractivity contribution in [2.75, 3.05) is 38.2 Å². The van der Waals surface area contributed by atoms with Crippen molar-refractivity contribution in [3.8, 4) is 16.3 Å². The van der Waals surface area contributed by atoms with Crippen LogP contribution in [0.25, 0.3) is 10.6 Å². The van der Waals surface area contributed by atoms with Crippen LogP contribution in [0, 0.1) is 0 Å². The number of piperazine rings is 1. The Hall–Kier alpha value is -2.57. The van der Waals surface area contributed by atoms with Gasteiger partial charge in [0.15, 0.2) is 0 Å². The van der Waals surface area contributed by atoms with E-state index in [0.717, 1.165) is 40.1 Å². The second-order valence-corrected chi connectivity index (χ2v) is 7.76. The number of nitrogens with zero attached hydrogens (tertiary/aromatic N) is 3. The summed E-state index contributed by atoms with van der Waals surface area (Å²) in [5.74, 6) is 0.780. The van der Waals surface area contributed by atoms with Gasteiger partial charge in [0.05, 0.1) is 17.8 Å². The largest absolute Gasteiger partial charge is 0.497 e. The number of carbonyl (C=O) groups is 1. The van der Waals surface area contributed by atoms with E-state index in [1.807, 2.05) is 58.8 Å². The molecule has 1 aliphatic rings. The van der Waals surface area contributed by atoms with Gasteiger partial charge in [0.2, 0.25) is 0 Å². The Morgan fingerprint density at radius 1 is 1.07 bits per heavy atom. The first-order valence-corrected chi connectivity index (χ1v) is 10.3. The van der Waals surface area contributed by atoms with Crippen molar-refractivity contribution in [1.29, 1.82) is 0 Å². The van der Waals surface area contributed by atoms with Gasteiger partial charge in [-0.05, 0) is 36.4 Å². The first-order chi connectivity index (χ1) is 13.7. The number of carbonyl (C=O) groups excluding carboxylic acids is 1. The zero-order valence-corrected chi connectivity index (χ0v) is 17.0. The van der Waals surface area contributed by atoms with Gasteiger partial charge < -0.3 is 14.5 Å². The van der Waals surface area contributed by atoms with Gasteiger partial charge in [-0.2, -0.15) is 0 Å². The zero-order valence-electron chi connectivity index (χ0n) is 15.5. The number of halogens is 1. The number of benzene rings is 2. The molecular formula is C21H20ClN3O2S. The number of para-hydroxylation sites is 1. The molecule has 0 unspecified atom stereocenters. The molecule has 0 spiro atoms. The Morgan fingerprint density at radius 2 is 1.79 bits per heavy atom. The maximum absolute atomic E-state index is 12.9. The number of hydrogen-bond donors (Lipinski definition) is 0. The van der Waals surface area contributed by atoms with E-state index in [-0.39, 0.29) is 5.91 Å². The normalized spacial score (nSPS) is 14.2. The van der Waals surface area contributed by atoms with Gasteiger partial charge in [-0.15, -0.1) is 11.3 Å². The number of thiazole rings is 1. The third-order valence-electron chi connectivity index (χ3n) is 4.82. The predicted molar refractivity (Wildman–Crippen MR) is 114 cm³/mol. The Bertz CT molecular complexity index is 966. The molecule has 2 aromatic carbocycles. The van der Waals surface area contributed by atoms with E-state index in [4.69, 9.17) is 16.3 Å². The minimum atomic E-state index is -0.0187. The monoisotopic (exact) mass is 413 g/mol. The van der Waals surface area contributed by atoms with E-state index in [9.17, 15) is 4.79 Å². The summed E-state index contributed by atoms with van der Waals surface area (Å²) >= 11 is 7.77. The van der Waals surface area contributed by atoms with E-state index in [1.165, 1.54) is 11.3 Å². The third kappa shape index (κ3) is 3.84. The molecule has 7 heteroatoms. The van der Waals surface area contributed by atoms with Gasteiger partial charge in [0, 0.05) is 37.1 Å². The van der Waals surface area contributed by atoms with Crippen molar-refractivity contribution >= 4 is 34.5 Å². The molecule has 1 aliphatic heterocycles. The van der Waals surface area contributed by atoms with Gasteiger partial charge in [-0.1, -0.05) is 23.7 Å². The molecule has 0 aliphatic carbocycles. The summed E-state index contributed by atoms with van der Waals surface area (Å²) in [6.07, 6.45) is 0. The Morgan fingerprint density at radius 3 is 2.46 bits per heavy atom. The minimum absolute atomic E-state index is 0.0187. The molecule has 1 amide bonds. The third-order valence-corrected chi connectivity index (χ3v) is 6.03. The maximum Gasteiger partial charge on any atom is 0.273 e. The number of aromatic nitrogens is 1. The molecule has 0 bridgehead atoms. The second kappa shape index (κ2) is 8.20. The fraction of sp³-hybridized carbons (Fsp3) is 0.238. The van der Waals surface area contributed by atoms with Gasteiger partial charge >= 0.3 is 0 Å². The summed E-state index contributed by atoms with van der Waals surface area (Å²) in [4.78, 5) is 21.5. The van der Waals surface area contributed by atoms with Crippen molar-refractivity contribution in [2.45, 2.75) is 0 Å². The number of methoxy groups -OCH3 is 1. The first-order valence-electron chi connectivity index (χ1n) is 9.04. The highest BCUT2D eigenvalue weighted by Crippen LogP contribution is 2.28. The number of anilines is 1. The van der Waals surface area contributed by atoms with Crippen LogP contribution in [-0.4, -0.2) is 49.1 Å². The molecule has 0 saturated carbocycles. The summed E-state index contributed by atoms with van der Waals surface area (Å²) in [6.45, 7) is 2.81. The SMILES string of the molecule is COc1ccc(-c2nc(C(=O)N3CCN(c4ccccc4Cl)CC3)cs2)cc1. The smallest absolute Gasteiger partial charge is 0.273 e. The summed E-state index contributed by atoms with van der Waals surface area (Å²) in [5.41, 5.74) is 2.50. The highest BCUT2D eigenvalue weighted by Gasteiger charge is 2.24. The molecule has 1 aromatic heterocycles. The second-order valence-electron chi connectivity index (χ2n) is 6.50. The Balaban J connectivity index is 1.42. The van der Waals surface area contributed by atoms with Crippen molar-refractivity contribution in [3.63, 3.8) is 0 Å². The average molecular weight is 414 g/mol. The first kappa shape index (κ1) is 18.8. The van der Waals surface area contributed by atoms with E-state index in [2.05, 4.69) is 9.88 Å². The average Bonchev–Trinajstić information content (AvgIpc) is 3.24. The lowest BCUT2D eigenvalue weighted by atomic mass is 10.2. The van der Waals surface area contributed by atoms with Crippen LogP contribution < -0.4 is 9.64 Å². The molecule has 2 heterocycles. The van der Waals surface area contributed by atoms with Crippen LogP contribution in [-0.2, 0) is 0 Å². The van der Waals surface area contributed by atoms with Gasteiger partial charge in [-0.3, -0.25) is 4.79 Å². The standard InChI is InChI=1S/C21H20ClN3O2S/c1-27-16-8-6-15(7-9-16)20-23-18(14-28-20)21(26)25-12-10-24(11-13-25)19-5-3-2-4-17(19)22/h2-9,14H,10-13H2,1H3. The Kier molecular flexibility index (Phi) is 5.50. The lowest BCUT2D eigenvalue weighted by Crippen LogP contribution is -2.49. The highest BCUT2D eigenvalue weighted by molar-refractivity contribution is 7.13.